The molecule has 1 fully saturated rings. The monoisotopic (exact) mass is 411 g/mol. The molecule has 2 atom stereocenters. The predicted molar refractivity (Wildman–Crippen MR) is 134 cm³/mol. The second-order valence-electron chi connectivity index (χ2n) is 8.45. The van der Waals surface area contributed by atoms with Crippen LogP contribution in [0.5, 0.6) is 0 Å². The minimum atomic E-state index is -0.177. The van der Waals surface area contributed by atoms with Gasteiger partial charge in [-0.05, 0) is 54.8 Å². The first kappa shape index (κ1) is 23.9. The Labute approximate surface area is 181 Å². The van der Waals surface area contributed by atoms with Crippen LogP contribution >= 0.6 is 7.92 Å². The summed E-state index contributed by atoms with van der Waals surface area (Å²) in [5, 5.41) is 1.63. The van der Waals surface area contributed by atoms with Gasteiger partial charge in [0.1, 0.15) is 0 Å². The lowest BCUT2D eigenvalue weighted by atomic mass is 10.00. The van der Waals surface area contributed by atoms with Crippen LogP contribution in [-0.4, -0.2) is 30.3 Å². The zero-order valence-corrected chi connectivity index (χ0v) is 20.3. The Balaban J connectivity index is 2.62. The van der Waals surface area contributed by atoms with Gasteiger partial charge in [0.25, 0.3) is 0 Å². The largest absolute Gasteiger partial charge is 0.377 e. The van der Waals surface area contributed by atoms with E-state index in [4.69, 9.17) is 0 Å². The molecule has 1 aliphatic carbocycles. The standard InChI is InChI=1S/C27H42NP/c1-7-16-22(9-3)29(23-18-12-11-13-19-23)27-21-15-14-20-25(27)24(17-8-2)26(10-4)28(5)6/h8,10,14-15,17,20-23H,2,7,9,11-13,16,18-19H2,1,3-6H3/b24-17-,26-10+. The molecule has 2 rings (SSSR count). The van der Waals surface area contributed by atoms with Crippen LogP contribution in [0.15, 0.2) is 54.8 Å². The van der Waals surface area contributed by atoms with Crippen molar-refractivity contribution in [2.24, 2.45) is 0 Å². The van der Waals surface area contributed by atoms with E-state index >= 15 is 0 Å². The Bertz CT molecular complexity index is 689. The van der Waals surface area contributed by atoms with E-state index in [1.165, 1.54) is 68.2 Å². The molecule has 1 saturated carbocycles. The third-order valence-corrected chi connectivity index (χ3v) is 9.90. The van der Waals surface area contributed by atoms with Gasteiger partial charge >= 0.3 is 0 Å². The summed E-state index contributed by atoms with van der Waals surface area (Å²) in [5.74, 6) is 0. The molecule has 0 heterocycles. The summed E-state index contributed by atoms with van der Waals surface area (Å²) in [6, 6.07) is 9.29. The fourth-order valence-electron chi connectivity index (χ4n) is 4.94. The van der Waals surface area contributed by atoms with Crippen LogP contribution in [-0.2, 0) is 0 Å². The first-order valence-electron chi connectivity index (χ1n) is 11.6. The highest BCUT2D eigenvalue weighted by molar-refractivity contribution is 7.67. The van der Waals surface area contributed by atoms with Gasteiger partial charge in [0.2, 0.25) is 0 Å². The Morgan fingerprint density at radius 3 is 2.41 bits per heavy atom. The molecule has 29 heavy (non-hydrogen) atoms. The second kappa shape index (κ2) is 12.4. The van der Waals surface area contributed by atoms with Crippen molar-refractivity contribution < 1.29 is 0 Å². The third-order valence-electron chi connectivity index (χ3n) is 6.24. The van der Waals surface area contributed by atoms with Crippen LogP contribution in [0.25, 0.3) is 5.57 Å². The topological polar surface area (TPSA) is 3.24 Å². The molecule has 1 nitrogen and oxygen atoms in total. The molecular weight excluding hydrogens is 369 g/mol. The van der Waals surface area contributed by atoms with Gasteiger partial charge in [-0.3, -0.25) is 0 Å². The summed E-state index contributed by atoms with van der Waals surface area (Å²) < 4.78 is 0. The van der Waals surface area contributed by atoms with E-state index in [1.807, 2.05) is 6.08 Å². The van der Waals surface area contributed by atoms with Gasteiger partial charge in [-0.1, -0.05) is 96.5 Å². The predicted octanol–water partition coefficient (Wildman–Crippen LogP) is 7.74. The molecule has 0 radical (unpaired) electrons. The number of benzene rings is 1. The first-order chi connectivity index (χ1) is 14.1. The van der Waals surface area contributed by atoms with Crippen molar-refractivity contribution in [1.82, 2.24) is 4.90 Å². The van der Waals surface area contributed by atoms with E-state index in [0.717, 1.165) is 11.3 Å². The summed E-state index contributed by atoms with van der Waals surface area (Å²) in [6.07, 6.45) is 17.5. The lowest BCUT2D eigenvalue weighted by Gasteiger charge is -2.38. The highest BCUT2D eigenvalue weighted by atomic mass is 31.1. The number of hydrogen-bond acceptors (Lipinski definition) is 1. The average molecular weight is 412 g/mol. The third kappa shape index (κ3) is 6.08. The van der Waals surface area contributed by atoms with Gasteiger partial charge in [0, 0.05) is 25.4 Å². The lowest BCUT2D eigenvalue weighted by Crippen LogP contribution is -2.27. The fraction of sp³-hybridized carbons (Fsp3) is 0.556. The molecule has 0 spiro atoms. The number of hydrogen-bond donors (Lipinski definition) is 0. The molecule has 0 aliphatic heterocycles. The molecule has 1 aromatic rings. The van der Waals surface area contributed by atoms with Crippen molar-refractivity contribution in [3.63, 3.8) is 0 Å². The van der Waals surface area contributed by atoms with Crippen molar-refractivity contribution in [3.05, 3.63) is 60.3 Å². The molecule has 0 N–H and O–H groups in total. The maximum absolute atomic E-state index is 4.03. The molecule has 1 aromatic carbocycles. The van der Waals surface area contributed by atoms with Crippen molar-refractivity contribution in [1.29, 1.82) is 0 Å². The zero-order valence-electron chi connectivity index (χ0n) is 19.5. The second-order valence-corrected chi connectivity index (χ2v) is 11.2. The van der Waals surface area contributed by atoms with Crippen molar-refractivity contribution >= 4 is 18.8 Å². The minimum absolute atomic E-state index is 0.177. The van der Waals surface area contributed by atoms with E-state index < -0.39 is 0 Å². The molecule has 0 amide bonds. The summed E-state index contributed by atoms with van der Waals surface area (Å²) >= 11 is 0. The normalized spacial score (nSPS) is 18.4. The van der Waals surface area contributed by atoms with Gasteiger partial charge < -0.3 is 4.90 Å². The van der Waals surface area contributed by atoms with E-state index in [-0.39, 0.29) is 7.92 Å². The van der Waals surface area contributed by atoms with Crippen LogP contribution in [0.4, 0.5) is 0 Å². The van der Waals surface area contributed by atoms with Gasteiger partial charge in [-0.25, -0.2) is 0 Å². The number of likely N-dealkylation sites (N-methyl/N-ethyl adjacent to an activating group) is 1. The molecule has 0 bridgehead atoms. The van der Waals surface area contributed by atoms with E-state index in [0.29, 0.717) is 0 Å². The smallest absolute Gasteiger partial charge is 0.0397 e. The zero-order chi connectivity index (χ0) is 21.2. The Hall–Kier alpha value is -1.33. The van der Waals surface area contributed by atoms with Crippen molar-refractivity contribution in [2.75, 3.05) is 14.1 Å². The summed E-state index contributed by atoms with van der Waals surface area (Å²) in [5.41, 5.74) is 5.74. The van der Waals surface area contributed by atoms with E-state index in [2.05, 4.69) is 82.8 Å². The van der Waals surface area contributed by atoms with Crippen LogP contribution in [0, 0.1) is 0 Å². The first-order valence-corrected chi connectivity index (χ1v) is 13.1. The van der Waals surface area contributed by atoms with Crippen LogP contribution in [0.1, 0.15) is 77.7 Å². The van der Waals surface area contributed by atoms with Crippen LogP contribution < -0.4 is 5.30 Å². The Kier molecular flexibility index (Phi) is 10.2. The Morgan fingerprint density at radius 2 is 1.86 bits per heavy atom. The molecule has 160 valence electrons. The van der Waals surface area contributed by atoms with E-state index in [9.17, 15) is 0 Å². The molecule has 0 saturated heterocycles. The molecule has 0 aromatic heterocycles. The van der Waals surface area contributed by atoms with Crippen LogP contribution in [0.3, 0.4) is 0 Å². The van der Waals surface area contributed by atoms with Crippen LogP contribution in [0.2, 0.25) is 0 Å². The number of rotatable bonds is 10. The SMILES string of the molecule is C=C/C=C(\C(=C/C)N(C)C)c1ccccc1P(C(CC)CCC)C1CCCCC1. The highest BCUT2D eigenvalue weighted by Gasteiger charge is 2.32. The highest BCUT2D eigenvalue weighted by Crippen LogP contribution is 2.54. The molecular formula is C27H42NP. The number of nitrogens with zero attached hydrogens (tertiary/aromatic N) is 1. The maximum Gasteiger partial charge on any atom is 0.0397 e. The van der Waals surface area contributed by atoms with Crippen molar-refractivity contribution in [3.8, 4) is 0 Å². The molecule has 2 heteroatoms. The van der Waals surface area contributed by atoms with Gasteiger partial charge in [0.05, 0.1) is 0 Å². The molecule has 2 unspecified atom stereocenters. The lowest BCUT2D eigenvalue weighted by molar-refractivity contribution is 0.508. The molecule has 1 aliphatic rings. The maximum atomic E-state index is 4.03. The summed E-state index contributed by atoms with van der Waals surface area (Å²) in [4.78, 5) is 2.23. The van der Waals surface area contributed by atoms with E-state index in [1.54, 1.807) is 5.30 Å². The van der Waals surface area contributed by atoms with Gasteiger partial charge in [0.15, 0.2) is 0 Å². The quantitative estimate of drug-likeness (QED) is 0.281. The summed E-state index contributed by atoms with van der Waals surface area (Å²) in [7, 11) is 4.11. The average Bonchev–Trinajstić information content (AvgIpc) is 2.74. The van der Waals surface area contributed by atoms with Crippen molar-refractivity contribution in [2.45, 2.75) is 83.5 Å². The Morgan fingerprint density at radius 1 is 1.17 bits per heavy atom. The van der Waals surface area contributed by atoms with Gasteiger partial charge in [-0.2, -0.15) is 0 Å². The van der Waals surface area contributed by atoms with Gasteiger partial charge in [-0.15, -0.1) is 0 Å². The number of allylic oxidation sites excluding steroid dienone is 4. The fourth-order valence-corrected chi connectivity index (χ4v) is 8.90. The minimum Gasteiger partial charge on any atom is -0.377 e. The summed E-state index contributed by atoms with van der Waals surface area (Å²) in [6.45, 7) is 10.9.